The molecule has 0 amide bonds. The van der Waals surface area contributed by atoms with Crippen molar-refractivity contribution in [3.63, 3.8) is 0 Å². The van der Waals surface area contributed by atoms with Gasteiger partial charge in [-0.2, -0.15) is 0 Å². The van der Waals surface area contributed by atoms with Crippen LogP contribution in [0, 0.1) is 6.92 Å². The summed E-state index contributed by atoms with van der Waals surface area (Å²) in [4.78, 5) is 10.4. The standard InChI is InChI=1S/C21H27NO3/c1-17-7-9-18(10-8-17)12-15-25-20-6-2-4-19(16-20)5-3-13-22-14-11-21(23)24/h2,4,6-10,16,22H,3,5,11-15H2,1H3,(H,23,24). The lowest BCUT2D eigenvalue weighted by Crippen LogP contribution is -2.19. The van der Waals surface area contributed by atoms with Crippen LogP contribution in [0.4, 0.5) is 0 Å². The van der Waals surface area contributed by atoms with Gasteiger partial charge in [0.05, 0.1) is 13.0 Å². The summed E-state index contributed by atoms with van der Waals surface area (Å²) < 4.78 is 5.87. The van der Waals surface area contributed by atoms with Crippen LogP contribution in [0.1, 0.15) is 29.5 Å². The van der Waals surface area contributed by atoms with Gasteiger partial charge in [0.2, 0.25) is 0 Å². The van der Waals surface area contributed by atoms with Gasteiger partial charge in [0.1, 0.15) is 5.75 Å². The van der Waals surface area contributed by atoms with E-state index >= 15 is 0 Å². The second-order valence-electron chi connectivity index (χ2n) is 6.23. The topological polar surface area (TPSA) is 58.6 Å². The molecular weight excluding hydrogens is 314 g/mol. The van der Waals surface area contributed by atoms with Gasteiger partial charge in [-0.05, 0) is 49.6 Å². The molecule has 134 valence electrons. The third-order valence-corrected chi connectivity index (χ3v) is 4.01. The number of aryl methyl sites for hydroxylation is 2. The lowest BCUT2D eigenvalue weighted by molar-refractivity contribution is -0.136. The van der Waals surface area contributed by atoms with Crippen molar-refractivity contribution in [2.75, 3.05) is 19.7 Å². The Hall–Kier alpha value is -2.33. The number of aliphatic carboxylic acids is 1. The van der Waals surface area contributed by atoms with Crippen LogP contribution in [0.2, 0.25) is 0 Å². The van der Waals surface area contributed by atoms with Gasteiger partial charge in [0.15, 0.2) is 0 Å². The Labute approximate surface area is 149 Å². The highest BCUT2D eigenvalue weighted by Crippen LogP contribution is 2.15. The second-order valence-corrected chi connectivity index (χ2v) is 6.23. The largest absolute Gasteiger partial charge is 0.493 e. The van der Waals surface area contributed by atoms with E-state index in [1.807, 2.05) is 12.1 Å². The van der Waals surface area contributed by atoms with Crippen molar-refractivity contribution in [3.8, 4) is 5.75 Å². The summed E-state index contributed by atoms with van der Waals surface area (Å²) in [6.07, 6.45) is 3.00. The van der Waals surface area contributed by atoms with Gasteiger partial charge in [-0.15, -0.1) is 0 Å². The van der Waals surface area contributed by atoms with Gasteiger partial charge in [-0.1, -0.05) is 42.0 Å². The number of carboxylic acid groups (broad SMARTS) is 1. The van der Waals surface area contributed by atoms with E-state index in [2.05, 4.69) is 48.6 Å². The molecule has 2 aromatic rings. The summed E-state index contributed by atoms with van der Waals surface area (Å²) in [6, 6.07) is 16.7. The monoisotopic (exact) mass is 341 g/mol. The Morgan fingerprint density at radius 2 is 1.84 bits per heavy atom. The van der Waals surface area contributed by atoms with Crippen molar-refractivity contribution >= 4 is 5.97 Å². The highest BCUT2D eigenvalue weighted by molar-refractivity contribution is 5.66. The molecule has 0 heterocycles. The molecule has 4 heteroatoms. The molecule has 0 aromatic heterocycles. The Bertz CT molecular complexity index is 652. The van der Waals surface area contributed by atoms with Gasteiger partial charge in [0, 0.05) is 13.0 Å². The van der Waals surface area contributed by atoms with Crippen molar-refractivity contribution < 1.29 is 14.6 Å². The number of rotatable bonds is 11. The fourth-order valence-corrected chi connectivity index (χ4v) is 2.57. The molecule has 0 aliphatic rings. The smallest absolute Gasteiger partial charge is 0.304 e. The minimum absolute atomic E-state index is 0.171. The van der Waals surface area contributed by atoms with Crippen LogP contribution in [0.25, 0.3) is 0 Å². The molecule has 0 unspecified atom stereocenters. The van der Waals surface area contributed by atoms with E-state index in [9.17, 15) is 4.79 Å². The maximum Gasteiger partial charge on any atom is 0.304 e. The van der Waals surface area contributed by atoms with Crippen LogP contribution in [0.15, 0.2) is 48.5 Å². The maximum atomic E-state index is 10.4. The van der Waals surface area contributed by atoms with Crippen molar-refractivity contribution in [1.29, 1.82) is 0 Å². The van der Waals surface area contributed by atoms with E-state index < -0.39 is 5.97 Å². The predicted molar refractivity (Wildman–Crippen MR) is 100 cm³/mol. The summed E-state index contributed by atoms with van der Waals surface area (Å²) in [5, 5.41) is 11.7. The van der Waals surface area contributed by atoms with E-state index in [1.54, 1.807) is 0 Å². The Balaban J connectivity index is 1.67. The van der Waals surface area contributed by atoms with Gasteiger partial charge in [-0.25, -0.2) is 0 Å². The normalized spacial score (nSPS) is 10.6. The molecule has 4 nitrogen and oxygen atoms in total. The molecule has 0 spiro atoms. The molecule has 0 atom stereocenters. The maximum absolute atomic E-state index is 10.4. The van der Waals surface area contributed by atoms with Crippen molar-refractivity contribution in [2.24, 2.45) is 0 Å². The number of carboxylic acids is 1. The van der Waals surface area contributed by atoms with Crippen LogP contribution in [0.5, 0.6) is 5.75 Å². The van der Waals surface area contributed by atoms with Crippen molar-refractivity contribution in [3.05, 3.63) is 65.2 Å². The third kappa shape index (κ3) is 7.86. The Kier molecular flexibility index (Phi) is 7.99. The SMILES string of the molecule is Cc1ccc(CCOc2cccc(CCCNCCC(=O)O)c2)cc1. The number of carbonyl (C=O) groups is 1. The van der Waals surface area contributed by atoms with E-state index in [0.717, 1.165) is 31.6 Å². The second kappa shape index (κ2) is 10.5. The average molecular weight is 341 g/mol. The highest BCUT2D eigenvalue weighted by atomic mass is 16.5. The Morgan fingerprint density at radius 1 is 1.04 bits per heavy atom. The zero-order chi connectivity index (χ0) is 17.9. The van der Waals surface area contributed by atoms with Crippen LogP contribution in [0.3, 0.4) is 0 Å². The molecule has 0 saturated heterocycles. The summed E-state index contributed by atoms with van der Waals surface area (Å²) in [7, 11) is 0. The molecule has 0 fully saturated rings. The van der Waals surface area contributed by atoms with E-state index in [4.69, 9.17) is 9.84 Å². The number of hydrogen-bond donors (Lipinski definition) is 2. The van der Waals surface area contributed by atoms with Crippen LogP contribution in [-0.4, -0.2) is 30.8 Å². The van der Waals surface area contributed by atoms with Crippen LogP contribution >= 0.6 is 0 Å². The van der Waals surface area contributed by atoms with Gasteiger partial charge >= 0.3 is 5.97 Å². The first-order chi connectivity index (χ1) is 12.1. The summed E-state index contributed by atoms with van der Waals surface area (Å²) in [5.74, 6) is 0.145. The lowest BCUT2D eigenvalue weighted by Gasteiger charge is -2.09. The van der Waals surface area contributed by atoms with Gasteiger partial charge < -0.3 is 15.2 Å². The summed E-state index contributed by atoms with van der Waals surface area (Å²) in [5.41, 5.74) is 3.80. The zero-order valence-electron chi connectivity index (χ0n) is 14.8. The molecule has 2 rings (SSSR count). The quantitative estimate of drug-likeness (QED) is 0.613. The predicted octanol–water partition coefficient (Wildman–Crippen LogP) is 3.61. The van der Waals surface area contributed by atoms with Crippen molar-refractivity contribution in [1.82, 2.24) is 5.32 Å². The Morgan fingerprint density at radius 3 is 2.60 bits per heavy atom. The van der Waals surface area contributed by atoms with Gasteiger partial charge in [0.25, 0.3) is 0 Å². The van der Waals surface area contributed by atoms with Gasteiger partial charge in [-0.3, -0.25) is 4.79 Å². The molecular formula is C21H27NO3. The van der Waals surface area contributed by atoms with E-state index in [-0.39, 0.29) is 6.42 Å². The minimum Gasteiger partial charge on any atom is -0.493 e. The molecule has 0 saturated carbocycles. The van der Waals surface area contributed by atoms with E-state index in [0.29, 0.717) is 13.2 Å². The fourth-order valence-electron chi connectivity index (χ4n) is 2.57. The molecule has 0 aliphatic carbocycles. The van der Waals surface area contributed by atoms with E-state index in [1.165, 1.54) is 16.7 Å². The first-order valence-corrected chi connectivity index (χ1v) is 8.83. The van der Waals surface area contributed by atoms with Crippen LogP contribution in [-0.2, 0) is 17.6 Å². The highest BCUT2D eigenvalue weighted by Gasteiger charge is 2.00. The number of ether oxygens (including phenoxy) is 1. The fraction of sp³-hybridized carbons (Fsp3) is 0.381. The average Bonchev–Trinajstić information content (AvgIpc) is 2.60. The first kappa shape index (κ1) is 19.0. The molecule has 2 N–H and O–H groups in total. The molecule has 25 heavy (non-hydrogen) atoms. The third-order valence-electron chi connectivity index (χ3n) is 4.01. The number of nitrogens with one attached hydrogen (secondary N) is 1. The van der Waals surface area contributed by atoms with Crippen LogP contribution < -0.4 is 10.1 Å². The zero-order valence-corrected chi connectivity index (χ0v) is 14.8. The summed E-state index contributed by atoms with van der Waals surface area (Å²) >= 11 is 0. The molecule has 0 bridgehead atoms. The van der Waals surface area contributed by atoms with Crippen molar-refractivity contribution in [2.45, 2.75) is 32.6 Å². The molecule has 0 aliphatic heterocycles. The lowest BCUT2D eigenvalue weighted by atomic mass is 10.1. The number of hydrogen-bond acceptors (Lipinski definition) is 3. The summed E-state index contributed by atoms with van der Waals surface area (Å²) in [6.45, 7) is 4.11. The molecule has 0 radical (unpaired) electrons. The minimum atomic E-state index is -0.761. The molecule has 2 aromatic carbocycles. The first-order valence-electron chi connectivity index (χ1n) is 8.83. The number of benzene rings is 2.